The van der Waals surface area contributed by atoms with Gasteiger partial charge in [0.15, 0.2) is 0 Å². The molecule has 3 aromatic heterocycles. The summed E-state index contributed by atoms with van der Waals surface area (Å²) in [6, 6.07) is 15.6. The smallest absolute Gasteiger partial charge is 0.261 e. The Hall–Kier alpha value is -2.86. The molecule has 0 spiro atoms. The molecule has 3 heterocycles. The van der Waals surface area contributed by atoms with Crippen LogP contribution in [-0.4, -0.2) is 22.2 Å². The maximum Gasteiger partial charge on any atom is 0.261 e. The molecule has 0 aliphatic heterocycles. The molecule has 0 aliphatic carbocycles. The number of carbonyl (C=O) groups excluding carboxylic acids is 1. The van der Waals surface area contributed by atoms with Gasteiger partial charge in [0.1, 0.15) is 10.6 Å². The van der Waals surface area contributed by atoms with Gasteiger partial charge in [0.25, 0.3) is 5.91 Å². The molecule has 4 rings (SSSR count). The molecule has 0 radical (unpaired) electrons. The number of nitrogens with zero attached hydrogens (tertiary/aromatic N) is 2. The predicted molar refractivity (Wildman–Crippen MR) is 98.4 cm³/mol. The Morgan fingerprint density at radius 1 is 1.24 bits per heavy atom. The molecule has 5 nitrogen and oxygen atoms in total. The molecular weight excluding hydrogens is 334 g/mol. The Bertz CT molecular complexity index is 1000. The largest absolute Gasteiger partial charge is 0.469 e. The zero-order chi connectivity index (χ0) is 17.2. The molecule has 25 heavy (non-hydrogen) atoms. The topological polar surface area (TPSA) is 60.1 Å². The summed E-state index contributed by atoms with van der Waals surface area (Å²) in [7, 11) is 0. The van der Waals surface area contributed by atoms with Crippen LogP contribution < -0.4 is 5.32 Å². The number of furan rings is 1. The number of amides is 1. The van der Waals surface area contributed by atoms with Crippen molar-refractivity contribution in [2.24, 2.45) is 0 Å². The van der Waals surface area contributed by atoms with E-state index in [-0.39, 0.29) is 5.91 Å². The van der Waals surface area contributed by atoms with Gasteiger partial charge < -0.3 is 9.73 Å². The van der Waals surface area contributed by atoms with E-state index in [1.165, 1.54) is 11.3 Å². The van der Waals surface area contributed by atoms with Crippen molar-refractivity contribution in [1.82, 2.24) is 15.1 Å². The molecule has 126 valence electrons. The molecule has 0 aliphatic rings. The zero-order valence-electron chi connectivity index (χ0n) is 13.7. The van der Waals surface area contributed by atoms with Crippen LogP contribution in [-0.2, 0) is 6.42 Å². The number of benzene rings is 1. The first kappa shape index (κ1) is 15.7. The van der Waals surface area contributed by atoms with Gasteiger partial charge >= 0.3 is 0 Å². The Morgan fingerprint density at radius 2 is 2.08 bits per heavy atom. The van der Waals surface area contributed by atoms with Gasteiger partial charge in [0.2, 0.25) is 0 Å². The van der Waals surface area contributed by atoms with Gasteiger partial charge in [-0.15, -0.1) is 11.3 Å². The Labute approximate surface area is 148 Å². The first-order valence-electron chi connectivity index (χ1n) is 8.07. The first-order chi connectivity index (χ1) is 12.2. The zero-order valence-corrected chi connectivity index (χ0v) is 14.5. The summed E-state index contributed by atoms with van der Waals surface area (Å²) in [5, 5.41) is 8.57. The lowest BCUT2D eigenvalue weighted by atomic mass is 10.3. The standard InChI is InChI=1S/C19H17N3O2S/c1-13-16-12-17(18(23)20-10-9-15-8-5-11-24-15)25-19(16)22(21-13)14-6-3-2-4-7-14/h2-8,11-12H,9-10H2,1H3,(H,20,23). The van der Waals surface area contributed by atoms with Crippen molar-refractivity contribution >= 4 is 27.5 Å². The number of para-hydroxylation sites is 1. The summed E-state index contributed by atoms with van der Waals surface area (Å²) in [5.74, 6) is 0.805. The number of hydrogen-bond donors (Lipinski definition) is 1. The van der Waals surface area contributed by atoms with Crippen LogP contribution >= 0.6 is 11.3 Å². The van der Waals surface area contributed by atoms with E-state index in [0.29, 0.717) is 17.8 Å². The summed E-state index contributed by atoms with van der Waals surface area (Å²) in [5.41, 5.74) is 1.91. The maximum absolute atomic E-state index is 12.4. The molecule has 0 saturated carbocycles. The van der Waals surface area contributed by atoms with Crippen LogP contribution in [0.4, 0.5) is 0 Å². The number of aromatic nitrogens is 2. The van der Waals surface area contributed by atoms with Crippen LogP contribution in [0.2, 0.25) is 0 Å². The summed E-state index contributed by atoms with van der Waals surface area (Å²) in [6.45, 7) is 2.51. The lowest BCUT2D eigenvalue weighted by molar-refractivity contribution is 0.0958. The van der Waals surface area contributed by atoms with Gasteiger partial charge in [-0.05, 0) is 37.3 Å². The highest BCUT2D eigenvalue weighted by Crippen LogP contribution is 2.30. The van der Waals surface area contributed by atoms with Gasteiger partial charge in [-0.1, -0.05) is 18.2 Å². The van der Waals surface area contributed by atoms with Crippen LogP contribution in [0.5, 0.6) is 0 Å². The van der Waals surface area contributed by atoms with Crippen molar-refractivity contribution in [3.05, 3.63) is 71.1 Å². The van der Waals surface area contributed by atoms with E-state index < -0.39 is 0 Å². The lowest BCUT2D eigenvalue weighted by Gasteiger charge is -2.02. The molecule has 1 N–H and O–H groups in total. The summed E-state index contributed by atoms with van der Waals surface area (Å²) in [4.78, 5) is 14.1. The molecule has 0 atom stereocenters. The van der Waals surface area contributed by atoms with Crippen LogP contribution in [0, 0.1) is 6.92 Å². The van der Waals surface area contributed by atoms with E-state index in [0.717, 1.165) is 27.4 Å². The average molecular weight is 351 g/mol. The number of carbonyl (C=O) groups is 1. The average Bonchev–Trinajstić information content (AvgIpc) is 3.34. The van der Waals surface area contributed by atoms with Gasteiger partial charge in [-0.2, -0.15) is 5.10 Å². The van der Waals surface area contributed by atoms with Crippen molar-refractivity contribution in [3.8, 4) is 5.69 Å². The fraction of sp³-hybridized carbons (Fsp3) is 0.158. The third-order valence-corrected chi connectivity index (χ3v) is 5.12. The second-order valence-corrected chi connectivity index (χ2v) is 6.78. The predicted octanol–water partition coefficient (Wildman–Crippen LogP) is 3.96. The molecule has 4 aromatic rings. The van der Waals surface area contributed by atoms with E-state index in [1.54, 1.807) is 6.26 Å². The summed E-state index contributed by atoms with van der Waals surface area (Å²) in [6.07, 6.45) is 2.32. The number of aryl methyl sites for hydroxylation is 1. The minimum absolute atomic E-state index is 0.0632. The van der Waals surface area contributed by atoms with Gasteiger partial charge in [0.05, 0.1) is 22.5 Å². The highest BCUT2D eigenvalue weighted by Gasteiger charge is 2.17. The number of hydrogen-bond acceptors (Lipinski definition) is 4. The van der Waals surface area contributed by atoms with Crippen LogP contribution in [0.1, 0.15) is 21.1 Å². The number of rotatable bonds is 5. The molecule has 1 aromatic carbocycles. The quantitative estimate of drug-likeness (QED) is 0.592. The second-order valence-electron chi connectivity index (χ2n) is 5.75. The van der Waals surface area contributed by atoms with Crippen LogP contribution in [0.15, 0.2) is 59.2 Å². The molecule has 0 saturated heterocycles. The fourth-order valence-corrected chi connectivity index (χ4v) is 3.84. The first-order valence-corrected chi connectivity index (χ1v) is 8.89. The highest BCUT2D eigenvalue weighted by atomic mass is 32.1. The van der Waals surface area contributed by atoms with Crippen LogP contribution in [0.25, 0.3) is 15.9 Å². The lowest BCUT2D eigenvalue weighted by Crippen LogP contribution is -2.24. The van der Waals surface area contributed by atoms with Crippen molar-refractivity contribution in [3.63, 3.8) is 0 Å². The van der Waals surface area contributed by atoms with Gasteiger partial charge in [-0.3, -0.25) is 4.79 Å². The fourth-order valence-electron chi connectivity index (χ4n) is 2.74. The van der Waals surface area contributed by atoms with Crippen molar-refractivity contribution in [2.45, 2.75) is 13.3 Å². The Balaban J connectivity index is 1.55. The maximum atomic E-state index is 12.4. The molecule has 0 bridgehead atoms. The third-order valence-electron chi connectivity index (χ3n) is 4.01. The van der Waals surface area contributed by atoms with Gasteiger partial charge in [-0.25, -0.2) is 4.68 Å². The second kappa shape index (κ2) is 6.57. The van der Waals surface area contributed by atoms with E-state index in [2.05, 4.69) is 10.4 Å². The van der Waals surface area contributed by atoms with Gasteiger partial charge in [0, 0.05) is 18.4 Å². The van der Waals surface area contributed by atoms with Crippen molar-refractivity contribution in [1.29, 1.82) is 0 Å². The molecule has 6 heteroatoms. The monoisotopic (exact) mass is 351 g/mol. The number of nitrogens with one attached hydrogen (secondary N) is 1. The molecule has 0 unspecified atom stereocenters. The SMILES string of the molecule is Cc1nn(-c2ccccc2)c2sc(C(=O)NCCc3ccco3)cc12. The normalized spacial score (nSPS) is 11.1. The van der Waals surface area contributed by atoms with E-state index in [4.69, 9.17) is 4.42 Å². The third kappa shape index (κ3) is 3.08. The van der Waals surface area contributed by atoms with Crippen LogP contribution in [0.3, 0.4) is 0 Å². The Kier molecular flexibility index (Phi) is 4.11. The van der Waals surface area contributed by atoms with Crippen molar-refractivity contribution < 1.29 is 9.21 Å². The number of thiophene rings is 1. The molecule has 0 fully saturated rings. The van der Waals surface area contributed by atoms with Crippen molar-refractivity contribution in [2.75, 3.05) is 6.54 Å². The van der Waals surface area contributed by atoms with E-state index in [9.17, 15) is 4.79 Å². The molecular formula is C19H17N3O2S. The van der Waals surface area contributed by atoms with E-state index >= 15 is 0 Å². The molecule has 1 amide bonds. The van der Waals surface area contributed by atoms with E-state index in [1.807, 2.05) is 60.1 Å². The number of fused-ring (bicyclic) bond motifs is 1. The Morgan fingerprint density at radius 3 is 2.84 bits per heavy atom. The summed E-state index contributed by atoms with van der Waals surface area (Å²) < 4.78 is 7.17. The summed E-state index contributed by atoms with van der Waals surface area (Å²) >= 11 is 1.46. The minimum Gasteiger partial charge on any atom is -0.469 e. The minimum atomic E-state index is -0.0632. The highest BCUT2D eigenvalue weighted by molar-refractivity contribution is 7.20.